The Labute approximate surface area is 128 Å². The smallest absolute Gasteiger partial charge is 0.337 e. The van der Waals surface area contributed by atoms with E-state index in [0.717, 1.165) is 5.56 Å². The maximum atomic E-state index is 11.5. The zero-order chi connectivity index (χ0) is 15.4. The summed E-state index contributed by atoms with van der Waals surface area (Å²) in [5.74, 6) is 5.19. The SMILES string of the molecule is O=C(O)c1cccc(C#Cc2ccccc2)c1-n1cccc1. The van der Waals surface area contributed by atoms with E-state index in [9.17, 15) is 9.90 Å². The zero-order valence-corrected chi connectivity index (χ0v) is 11.7. The normalized spacial score (nSPS) is 9.82. The summed E-state index contributed by atoms with van der Waals surface area (Å²) < 4.78 is 1.78. The molecule has 0 atom stereocenters. The molecular weight excluding hydrogens is 274 g/mol. The Bertz CT molecular complexity index is 853. The van der Waals surface area contributed by atoms with Crippen molar-refractivity contribution in [2.45, 2.75) is 0 Å². The summed E-state index contributed by atoms with van der Waals surface area (Å²) in [6, 6.07) is 18.5. The molecule has 0 aliphatic heterocycles. The quantitative estimate of drug-likeness (QED) is 0.732. The number of rotatable bonds is 2. The molecule has 1 N–H and O–H groups in total. The van der Waals surface area contributed by atoms with E-state index in [1.54, 1.807) is 16.7 Å². The van der Waals surface area contributed by atoms with Gasteiger partial charge in [0, 0.05) is 23.5 Å². The van der Waals surface area contributed by atoms with Crippen molar-refractivity contribution in [2.75, 3.05) is 0 Å². The number of hydrogen-bond donors (Lipinski definition) is 1. The van der Waals surface area contributed by atoms with Crippen LogP contribution < -0.4 is 0 Å². The maximum Gasteiger partial charge on any atom is 0.337 e. The average molecular weight is 287 g/mol. The molecule has 1 heterocycles. The van der Waals surface area contributed by atoms with E-state index in [1.165, 1.54) is 0 Å². The number of para-hydroxylation sites is 1. The Kier molecular flexibility index (Phi) is 3.76. The summed E-state index contributed by atoms with van der Waals surface area (Å²) in [4.78, 5) is 11.5. The zero-order valence-electron chi connectivity index (χ0n) is 11.7. The van der Waals surface area contributed by atoms with Crippen molar-refractivity contribution in [3.8, 4) is 17.5 Å². The summed E-state index contributed by atoms with van der Waals surface area (Å²) in [5, 5.41) is 9.41. The van der Waals surface area contributed by atoms with Crippen molar-refractivity contribution in [1.29, 1.82) is 0 Å². The lowest BCUT2D eigenvalue weighted by Crippen LogP contribution is -2.06. The minimum Gasteiger partial charge on any atom is -0.478 e. The summed E-state index contributed by atoms with van der Waals surface area (Å²) in [7, 11) is 0. The van der Waals surface area contributed by atoms with Crippen LogP contribution in [0.2, 0.25) is 0 Å². The molecule has 106 valence electrons. The summed E-state index contributed by atoms with van der Waals surface area (Å²) >= 11 is 0. The topological polar surface area (TPSA) is 42.2 Å². The van der Waals surface area contributed by atoms with E-state index in [0.29, 0.717) is 11.3 Å². The summed E-state index contributed by atoms with van der Waals surface area (Å²) in [5.41, 5.74) is 2.39. The van der Waals surface area contributed by atoms with Gasteiger partial charge in [0.25, 0.3) is 0 Å². The highest BCUT2D eigenvalue weighted by Crippen LogP contribution is 2.20. The van der Waals surface area contributed by atoms with Gasteiger partial charge < -0.3 is 9.67 Å². The Morgan fingerprint density at radius 1 is 0.864 bits per heavy atom. The first-order valence-electron chi connectivity index (χ1n) is 6.82. The third kappa shape index (κ3) is 2.77. The number of benzene rings is 2. The molecule has 22 heavy (non-hydrogen) atoms. The Morgan fingerprint density at radius 2 is 1.59 bits per heavy atom. The molecule has 0 saturated heterocycles. The number of hydrogen-bond acceptors (Lipinski definition) is 1. The molecule has 0 amide bonds. The van der Waals surface area contributed by atoms with Gasteiger partial charge in [-0.15, -0.1) is 0 Å². The molecule has 1 aromatic heterocycles. The minimum absolute atomic E-state index is 0.232. The average Bonchev–Trinajstić information content (AvgIpc) is 3.07. The monoisotopic (exact) mass is 287 g/mol. The molecule has 0 radical (unpaired) electrons. The van der Waals surface area contributed by atoms with Gasteiger partial charge >= 0.3 is 5.97 Å². The van der Waals surface area contributed by atoms with E-state index < -0.39 is 5.97 Å². The second kappa shape index (κ2) is 6.02. The molecule has 2 aromatic carbocycles. The largest absolute Gasteiger partial charge is 0.478 e. The molecule has 0 aliphatic carbocycles. The number of carbonyl (C=O) groups is 1. The van der Waals surface area contributed by atoms with Crippen LogP contribution in [0.1, 0.15) is 21.5 Å². The second-order valence-corrected chi connectivity index (χ2v) is 4.71. The highest BCUT2D eigenvalue weighted by atomic mass is 16.4. The summed E-state index contributed by atoms with van der Waals surface area (Å²) in [6.45, 7) is 0. The van der Waals surface area contributed by atoms with Crippen molar-refractivity contribution in [3.05, 3.63) is 89.7 Å². The number of carboxylic acid groups (broad SMARTS) is 1. The number of aromatic carboxylic acids is 1. The predicted molar refractivity (Wildman–Crippen MR) is 85.2 cm³/mol. The van der Waals surface area contributed by atoms with Crippen LogP contribution in [0.25, 0.3) is 5.69 Å². The molecule has 3 aromatic rings. The first-order chi connectivity index (χ1) is 10.8. The second-order valence-electron chi connectivity index (χ2n) is 4.71. The first kappa shape index (κ1) is 13.7. The third-order valence-electron chi connectivity index (χ3n) is 3.24. The van der Waals surface area contributed by atoms with Crippen LogP contribution in [0.15, 0.2) is 73.1 Å². The summed E-state index contributed by atoms with van der Waals surface area (Å²) in [6.07, 6.45) is 3.63. The lowest BCUT2D eigenvalue weighted by molar-refractivity contribution is 0.0697. The predicted octanol–water partition coefficient (Wildman–Crippen LogP) is 3.58. The van der Waals surface area contributed by atoms with Crippen molar-refractivity contribution in [2.24, 2.45) is 0 Å². The van der Waals surface area contributed by atoms with Crippen LogP contribution in [0.4, 0.5) is 0 Å². The molecule has 3 rings (SSSR count). The Balaban J connectivity index is 2.15. The number of nitrogens with zero attached hydrogens (tertiary/aromatic N) is 1. The van der Waals surface area contributed by atoms with E-state index in [2.05, 4.69) is 11.8 Å². The van der Waals surface area contributed by atoms with Crippen LogP contribution >= 0.6 is 0 Å². The van der Waals surface area contributed by atoms with Gasteiger partial charge in [-0.2, -0.15) is 0 Å². The molecule has 0 aliphatic rings. The Morgan fingerprint density at radius 3 is 2.27 bits per heavy atom. The van der Waals surface area contributed by atoms with Crippen LogP contribution in [0.5, 0.6) is 0 Å². The van der Waals surface area contributed by atoms with Gasteiger partial charge in [-0.25, -0.2) is 4.79 Å². The van der Waals surface area contributed by atoms with Gasteiger partial charge in [-0.1, -0.05) is 36.1 Å². The van der Waals surface area contributed by atoms with E-state index >= 15 is 0 Å². The fraction of sp³-hybridized carbons (Fsp3) is 0. The molecule has 0 spiro atoms. The van der Waals surface area contributed by atoms with Crippen LogP contribution in [0.3, 0.4) is 0 Å². The van der Waals surface area contributed by atoms with Gasteiger partial charge in [0.2, 0.25) is 0 Å². The van der Waals surface area contributed by atoms with Crippen molar-refractivity contribution >= 4 is 5.97 Å². The van der Waals surface area contributed by atoms with E-state index in [-0.39, 0.29) is 5.56 Å². The van der Waals surface area contributed by atoms with Gasteiger partial charge in [0.05, 0.1) is 11.3 Å². The number of aromatic nitrogens is 1. The minimum atomic E-state index is -0.966. The fourth-order valence-electron chi connectivity index (χ4n) is 2.24. The van der Waals surface area contributed by atoms with E-state index in [4.69, 9.17) is 0 Å². The fourth-order valence-corrected chi connectivity index (χ4v) is 2.24. The molecule has 3 nitrogen and oxygen atoms in total. The van der Waals surface area contributed by atoms with Crippen LogP contribution in [0, 0.1) is 11.8 Å². The molecule has 0 unspecified atom stereocenters. The lowest BCUT2D eigenvalue weighted by Gasteiger charge is -2.10. The highest BCUT2D eigenvalue weighted by Gasteiger charge is 2.14. The van der Waals surface area contributed by atoms with Crippen molar-refractivity contribution in [1.82, 2.24) is 4.57 Å². The van der Waals surface area contributed by atoms with Gasteiger partial charge in [-0.3, -0.25) is 0 Å². The molecule has 0 fully saturated rings. The maximum absolute atomic E-state index is 11.5. The van der Waals surface area contributed by atoms with Gasteiger partial charge in [0.15, 0.2) is 0 Å². The van der Waals surface area contributed by atoms with E-state index in [1.807, 2.05) is 60.9 Å². The van der Waals surface area contributed by atoms with Crippen LogP contribution in [-0.2, 0) is 0 Å². The first-order valence-corrected chi connectivity index (χ1v) is 6.82. The van der Waals surface area contributed by atoms with Gasteiger partial charge in [-0.05, 0) is 36.4 Å². The molecule has 3 heteroatoms. The third-order valence-corrected chi connectivity index (χ3v) is 3.24. The van der Waals surface area contributed by atoms with Crippen molar-refractivity contribution in [3.63, 3.8) is 0 Å². The molecular formula is C19H13NO2. The van der Waals surface area contributed by atoms with Crippen LogP contribution in [-0.4, -0.2) is 15.6 Å². The molecule has 0 saturated carbocycles. The highest BCUT2D eigenvalue weighted by molar-refractivity contribution is 5.93. The number of carboxylic acids is 1. The van der Waals surface area contributed by atoms with Gasteiger partial charge in [0.1, 0.15) is 0 Å². The Hall–Kier alpha value is -3.25. The standard InChI is InChI=1S/C19H13NO2/c21-19(22)17-10-6-9-16(18(17)20-13-4-5-14-20)12-11-15-7-2-1-3-8-15/h1-10,13-14H,(H,21,22). The van der Waals surface area contributed by atoms with Crippen molar-refractivity contribution < 1.29 is 9.90 Å². The lowest BCUT2D eigenvalue weighted by atomic mass is 10.1. The molecule has 0 bridgehead atoms.